The summed E-state index contributed by atoms with van der Waals surface area (Å²) in [7, 11) is 0. The lowest BCUT2D eigenvalue weighted by atomic mass is 10.2. The first kappa shape index (κ1) is 11.2. The fourth-order valence-electron chi connectivity index (χ4n) is 1.40. The van der Waals surface area contributed by atoms with Gasteiger partial charge in [0, 0.05) is 4.47 Å². The first-order valence-electron chi connectivity index (χ1n) is 5.18. The summed E-state index contributed by atoms with van der Waals surface area (Å²) in [5.41, 5.74) is 2.39. The lowest BCUT2D eigenvalue weighted by Crippen LogP contribution is -1.95. The molecule has 2 aromatic rings. The summed E-state index contributed by atoms with van der Waals surface area (Å²) in [6.45, 7) is 2.67. The van der Waals surface area contributed by atoms with Crippen molar-refractivity contribution < 1.29 is 4.74 Å². The van der Waals surface area contributed by atoms with Crippen molar-refractivity contribution in [1.82, 2.24) is 0 Å². The minimum absolute atomic E-state index is 0.607. The minimum atomic E-state index is 0.607. The molecule has 1 nitrogen and oxygen atoms in total. The molecule has 0 radical (unpaired) electrons. The van der Waals surface area contributed by atoms with Crippen LogP contribution in [0.1, 0.15) is 11.1 Å². The van der Waals surface area contributed by atoms with Crippen LogP contribution in [0.15, 0.2) is 53.0 Å². The molecule has 0 N–H and O–H groups in total. The lowest BCUT2D eigenvalue weighted by Gasteiger charge is -2.07. The number of hydrogen-bond acceptors (Lipinski definition) is 1. The molecule has 0 saturated heterocycles. The van der Waals surface area contributed by atoms with Gasteiger partial charge in [-0.15, -0.1) is 0 Å². The second-order valence-electron chi connectivity index (χ2n) is 3.69. The van der Waals surface area contributed by atoms with Crippen molar-refractivity contribution in [3.63, 3.8) is 0 Å². The molecule has 0 atom stereocenters. The monoisotopic (exact) mass is 276 g/mol. The van der Waals surface area contributed by atoms with Crippen LogP contribution in [0.4, 0.5) is 0 Å². The van der Waals surface area contributed by atoms with Gasteiger partial charge in [0.1, 0.15) is 12.4 Å². The van der Waals surface area contributed by atoms with Gasteiger partial charge in [0.15, 0.2) is 0 Å². The predicted octanol–water partition coefficient (Wildman–Crippen LogP) is 4.34. The minimum Gasteiger partial charge on any atom is -0.489 e. The predicted molar refractivity (Wildman–Crippen MR) is 69.7 cm³/mol. The zero-order valence-electron chi connectivity index (χ0n) is 9.11. The van der Waals surface area contributed by atoms with E-state index in [1.165, 1.54) is 11.1 Å². The van der Waals surface area contributed by atoms with Crippen molar-refractivity contribution in [2.75, 3.05) is 0 Å². The maximum Gasteiger partial charge on any atom is 0.120 e. The highest BCUT2D eigenvalue weighted by Crippen LogP contribution is 2.22. The van der Waals surface area contributed by atoms with Gasteiger partial charge in [-0.25, -0.2) is 0 Å². The van der Waals surface area contributed by atoms with E-state index in [0.717, 1.165) is 10.2 Å². The van der Waals surface area contributed by atoms with Crippen LogP contribution in [0, 0.1) is 6.92 Å². The van der Waals surface area contributed by atoms with Crippen LogP contribution in [0.5, 0.6) is 5.75 Å². The average Bonchev–Trinajstić information content (AvgIpc) is 2.32. The number of halogens is 1. The van der Waals surface area contributed by atoms with E-state index >= 15 is 0 Å². The summed E-state index contributed by atoms with van der Waals surface area (Å²) >= 11 is 3.49. The molecule has 0 unspecified atom stereocenters. The van der Waals surface area contributed by atoms with Crippen molar-refractivity contribution in [3.8, 4) is 5.75 Å². The van der Waals surface area contributed by atoms with Crippen LogP contribution >= 0.6 is 15.9 Å². The van der Waals surface area contributed by atoms with E-state index in [-0.39, 0.29) is 0 Å². The van der Waals surface area contributed by atoms with Crippen molar-refractivity contribution in [3.05, 3.63) is 64.1 Å². The Kier molecular flexibility index (Phi) is 3.62. The molecule has 0 amide bonds. The molecule has 0 bridgehead atoms. The average molecular weight is 277 g/mol. The molecule has 0 aromatic heterocycles. The normalized spacial score (nSPS) is 10.1. The molecular weight excluding hydrogens is 264 g/mol. The highest BCUT2D eigenvalue weighted by atomic mass is 79.9. The molecule has 0 fully saturated rings. The van der Waals surface area contributed by atoms with Crippen LogP contribution in [0.3, 0.4) is 0 Å². The molecule has 2 aromatic carbocycles. The molecule has 0 spiro atoms. The molecule has 0 saturated carbocycles. The Morgan fingerprint density at radius 1 is 1.06 bits per heavy atom. The SMILES string of the molecule is Cc1ccc(OCc2ccccc2)cc1Br. The Balaban J connectivity index is 2.03. The third-order valence-corrected chi connectivity index (χ3v) is 3.25. The van der Waals surface area contributed by atoms with Gasteiger partial charge in [0.05, 0.1) is 0 Å². The van der Waals surface area contributed by atoms with Crippen molar-refractivity contribution >= 4 is 15.9 Å². The van der Waals surface area contributed by atoms with Crippen LogP contribution in [-0.4, -0.2) is 0 Å². The molecule has 0 heterocycles. The largest absolute Gasteiger partial charge is 0.489 e. The van der Waals surface area contributed by atoms with Gasteiger partial charge >= 0.3 is 0 Å². The molecule has 0 aliphatic carbocycles. The van der Waals surface area contributed by atoms with Gasteiger partial charge in [-0.1, -0.05) is 52.3 Å². The third kappa shape index (κ3) is 2.86. The molecular formula is C14H13BrO. The summed E-state index contributed by atoms with van der Waals surface area (Å²) in [4.78, 5) is 0. The molecule has 2 heteroatoms. The zero-order valence-corrected chi connectivity index (χ0v) is 10.7. The highest BCUT2D eigenvalue weighted by Gasteiger charge is 1.98. The van der Waals surface area contributed by atoms with E-state index < -0.39 is 0 Å². The Hall–Kier alpha value is -1.28. The first-order valence-corrected chi connectivity index (χ1v) is 5.98. The molecule has 2 rings (SSSR count). The van der Waals surface area contributed by atoms with Gasteiger partial charge in [-0.2, -0.15) is 0 Å². The first-order chi connectivity index (χ1) is 7.75. The molecule has 82 valence electrons. The van der Waals surface area contributed by atoms with Crippen LogP contribution in [0.25, 0.3) is 0 Å². The van der Waals surface area contributed by atoms with E-state index in [9.17, 15) is 0 Å². The highest BCUT2D eigenvalue weighted by molar-refractivity contribution is 9.10. The van der Waals surface area contributed by atoms with E-state index in [1.807, 2.05) is 36.4 Å². The van der Waals surface area contributed by atoms with Crippen molar-refractivity contribution in [2.24, 2.45) is 0 Å². The van der Waals surface area contributed by atoms with Gasteiger partial charge < -0.3 is 4.74 Å². The number of hydrogen-bond donors (Lipinski definition) is 0. The number of rotatable bonds is 3. The lowest BCUT2D eigenvalue weighted by molar-refractivity contribution is 0.306. The van der Waals surface area contributed by atoms with Gasteiger partial charge in [-0.3, -0.25) is 0 Å². The fraction of sp³-hybridized carbons (Fsp3) is 0.143. The third-order valence-electron chi connectivity index (χ3n) is 2.39. The van der Waals surface area contributed by atoms with Crippen LogP contribution in [-0.2, 0) is 6.61 Å². The maximum atomic E-state index is 5.70. The van der Waals surface area contributed by atoms with E-state index in [4.69, 9.17) is 4.74 Å². The molecule has 0 aliphatic heterocycles. The Labute approximate surface area is 104 Å². The van der Waals surface area contributed by atoms with Crippen molar-refractivity contribution in [1.29, 1.82) is 0 Å². The van der Waals surface area contributed by atoms with Gasteiger partial charge in [0.25, 0.3) is 0 Å². The summed E-state index contributed by atoms with van der Waals surface area (Å²) in [6, 6.07) is 16.2. The summed E-state index contributed by atoms with van der Waals surface area (Å²) in [5, 5.41) is 0. The second-order valence-corrected chi connectivity index (χ2v) is 4.54. The summed E-state index contributed by atoms with van der Waals surface area (Å²) in [6.07, 6.45) is 0. The Bertz CT molecular complexity index is 465. The standard InChI is InChI=1S/C14H13BrO/c1-11-7-8-13(9-14(11)15)16-10-12-5-3-2-4-6-12/h2-9H,10H2,1H3. The Morgan fingerprint density at radius 3 is 2.50 bits per heavy atom. The van der Waals surface area contributed by atoms with Crippen LogP contribution in [0.2, 0.25) is 0 Å². The topological polar surface area (TPSA) is 9.23 Å². The summed E-state index contributed by atoms with van der Waals surface area (Å²) in [5.74, 6) is 0.890. The second kappa shape index (κ2) is 5.17. The molecule has 0 aliphatic rings. The van der Waals surface area contributed by atoms with Crippen molar-refractivity contribution in [2.45, 2.75) is 13.5 Å². The quantitative estimate of drug-likeness (QED) is 0.811. The number of benzene rings is 2. The summed E-state index contributed by atoms with van der Waals surface area (Å²) < 4.78 is 6.78. The van der Waals surface area contributed by atoms with E-state index in [2.05, 4.69) is 35.0 Å². The maximum absolute atomic E-state index is 5.70. The smallest absolute Gasteiger partial charge is 0.120 e. The molecule has 16 heavy (non-hydrogen) atoms. The van der Waals surface area contributed by atoms with Gasteiger partial charge in [0.2, 0.25) is 0 Å². The number of aryl methyl sites for hydroxylation is 1. The van der Waals surface area contributed by atoms with Gasteiger partial charge in [-0.05, 0) is 30.2 Å². The Morgan fingerprint density at radius 2 is 1.81 bits per heavy atom. The number of ether oxygens (including phenoxy) is 1. The van der Waals surface area contributed by atoms with E-state index in [1.54, 1.807) is 0 Å². The van der Waals surface area contributed by atoms with Crippen LogP contribution < -0.4 is 4.74 Å². The van der Waals surface area contributed by atoms with E-state index in [0.29, 0.717) is 6.61 Å². The zero-order chi connectivity index (χ0) is 11.4. The fourth-order valence-corrected chi connectivity index (χ4v) is 1.76.